The fourth-order valence-corrected chi connectivity index (χ4v) is 4.07. The van der Waals surface area contributed by atoms with Crippen molar-refractivity contribution >= 4 is 40.6 Å². The number of carbonyl (C=O) groups excluding carboxylic acids is 2. The molecule has 0 radical (unpaired) electrons. The van der Waals surface area contributed by atoms with Crippen LogP contribution < -0.4 is 24.3 Å². The lowest BCUT2D eigenvalue weighted by atomic mass is 10.1. The van der Waals surface area contributed by atoms with Crippen LogP contribution in [-0.2, 0) is 4.79 Å². The number of carbonyl (C=O) groups is 2. The Morgan fingerprint density at radius 2 is 1.54 bits per heavy atom. The first-order chi connectivity index (χ1) is 17.0. The monoisotopic (exact) mass is 490 g/mol. The van der Waals surface area contributed by atoms with E-state index >= 15 is 0 Å². The lowest BCUT2D eigenvalue weighted by molar-refractivity contribution is -0.115. The molecule has 1 heterocycles. The van der Waals surface area contributed by atoms with E-state index in [1.807, 2.05) is 30.3 Å². The molecule has 0 unspecified atom stereocenters. The number of methoxy groups -OCH3 is 3. The van der Waals surface area contributed by atoms with Crippen LogP contribution in [0.1, 0.15) is 15.9 Å². The largest absolute Gasteiger partial charge is 0.493 e. The molecule has 0 saturated carbocycles. The summed E-state index contributed by atoms with van der Waals surface area (Å²) in [7, 11) is 4.48. The van der Waals surface area contributed by atoms with E-state index < -0.39 is 5.97 Å². The van der Waals surface area contributed by atoms with Crippen LogP contribution >= 0.6 is 11.8 Å². The Labute approximate surface area is 206 Å². The minimum absolute atomic E-state index is 0.240. The average molecular weight is 491 g/mol. The number of thioether (sulfide) groups is 1. The normalized spacial score (nSPS) is 15.1. The Balaban J connectivity index is 1.52. The van der Waals surface area contributed by atoms with Gasteiger partial charge in [0.25, 0.3) is 5.91 Å². The highest BCUT2D eigenvalue weighted by molar-refractivity contribution is 8.18. The molecule has 8 nitrogen and oxygen atoms in total. The molecule has 0 aromatic heterocycles. The molecule has 1 aliphatic rings. The zero-order valence-corrected chi connectivity index (χ0v) is 20.0. The van der Waals surface area contributed by atoms with Crippen LogP contribution in [0, 0.1) is 0 Å². The van der Waals surface area contributed by atoms with Gasteiger partial charge in [-0.3, -0.25) is 4.79 Å². The summed E-state index contributed by atoms with van der Waals surface area (Å²) >= 11 is 1.24. The van der Waals surface area contributed by atoms with Crippen molar-refractivity contribution in [3.63, 3.8) is 0 Å². The number of amidine groups is 1. The van der Waals surface area contributed by atoms with Gasteiger partial charge in [0, 0.05) is 0 Å². The maximum Gasteiger partial charge on any atom is 0.343 e. The van der Waals surface area contributed by atoms with Crippen molar-refractivity contribution in [2.45, 2.75) is 0 Å². The second-order valence-electron chi connectivity index (χ2n) is 7.19. The fourth-order valence-electron chi connectivity index (χ4n) is 3.23. The number of para-hydroxylation sites is 1. The molecule has 1 fully saturated rings. The predicted molar refractivity (Wildman–Crippen MR) is 135 cm³/mol. The molecule has 4 rings (SSSR count). The number of rotatable bonds is 7. The van der Waals surface area contributed by atoms with E-state index in [1.165, 1.54) is 39.2 Å². The van der Waals surface area contributed by atoms with Crippen molar-refractivity contribution < 1.29 is 28.5 Å². The van der Waals surface area contributed by atoms with Gasteiger partial charge < -0.3 is 24.3 Å². The smallest absolute Gasteiger partial charge is 0.343 e. The zero-order chi connectivity index (χ0) is 24.8. The summed E-state index contributed by atoms with van der Waals surface area (Å²) in [4.78, 5) is 30.0. The zero-order valence-electron chi connectivity index (χ0n) is 19.2. The van der Waals surface area contributed by atoms with Crippen molar-refractivity contribution in [2.75, 3.05) is 21.3 Å². The lowest BCUT2D eigenvalue weighted by Gasteiger charge is -2.12. The van der Waals surface area contributed by atoms with Crippen molar-refractivity contribution in [1.82, 2.24) is 5.32 Å². The highest BCUT2D eigenvalue weighted by Gasteiger charge is 2.24. The number of hydrogen-bond acceptors (Lipinski definition) is 8. The fraction of sp³-hybridized carbons (Fsp3) is 0.115. The first-order valence-electron chi connectivity index (χ1n) is 10.5. The van der Waals surface area contributed by atoms with Crippen LogP contribution in [-0.4, -0.2) is 38.4 Å². The van der Waals surface area contributed by atoms with Crippen molar-refractivity contribution in [1.29, 1.82) is 0 Å². The van der Waals surface area contributed by atoms with E-state index in [0.29, 0.717) is 38.4 Å². The lowest BCUT2D eigenvalue weighted by Crippen LogP contribution is -2.19. The average Bonchev–Trinajstić information content (AvgIpc) is 3.22. The van der Waals surface area contributed by atoms with Crippen LogP contribution in [0.4, 0.5) is 5.69 Å². The Hall–Kier alpha value is -4.24. The van der Waals surface area contributed by atoms with E-state index in [-0.39, 0.29) is 11.7 Å². The molecule has 1 saturated heterocycles. The van der Waals surface area contributed by atoms with Crippen molar-refractivity contribution in [2.24, 2.45) is 4.99 Å². The molecule has 1 amide bonds. The molecule has 9 heteroatoms. The van der Waals surface area contributed by atoms with Gasteiger partial charge in [0.15, 0.2) is 28.2 Å². The molecule has 0 aliphatic carbocycles. The number of nitrogens with one attached hydrogen (secondary N) is 1. The molecule has 3 aromatic carbocycles. The molecule has 35 heavy (non-hydrogen) atoms. The van der Waals surface area contributed by atoms with Gasteiger partial charge in [0.05, 0.1) is 37.5 Å². The third-order valence-corrected chi connectivity index (χ3v) is 5.85. The summed E-state index contributed by atoms with van der Waals surface area (Å²) in [5.74, 6) is 0.678. The van der Waals surface area contributed by atoms with Crippen LogP contribution in [0.15, 0.2) is 76.6 Å². The van der Waals surface area contributed by atoms with E-state index in [9.17, 15) is 9.59 Å². The van der Waals surface area contributed by atoms with Crippen LogP contribution in [0.5, 0.6) is 23.0 Å². The number of aliphatic imine (C=N–C) groups is 1. The molecular formula is C26H22N2O6S. The molecule has 3 aromatic rings. The number of benzene rings is 3. The van der Waals surface area contributed by atoms with Gasteiger partial charge in [-0.25, -0.2) is 9.79 Å². The van der Waals surface area contributed by atoms with E-state index in [2.05, 4.69) is 10.3 Å². The summed E-state index contributed by atoms with van der Waals surface area (Å²) in [6.45, 7) is 0. The Bertz CT molecular complexity index is 1320. The maximum atomic E-state index is 12.7. The van der Waals surface area contributed by atoms with E-state index in [1.54, 1.807) is 36.4 Å². The molecule has 0 bridgehead atoms. The second-order valence-corrected chi connectivity index (χ2v) is 8.22. The Kier molecular flexibility index (Phi) is 7.37. The van der Waals surface area contributed by atoms with Crippen LogP contribution in [0.25, 0.3) is 6.08 Å². The van der Waals surface area contributed by atoms with Gasteiger partial charge in [0.1, 0.15) is 0 Å². The summed E-state index contributed by atoms with van der Waals surface area (Å²) in [6.07, 6.45) is 1.72. The summed E-state index contributed by atoms with van der Waals surface area (Å²) in [6, 6.07) is 19.1. The number of amides is 1. The third kappa shape index (κ3) is 5.64. The molecule has 178 valence electrons. The van der Waals surface area contributed by atoms with Gasteiger partial charge in [-0.1, -0.05) is 24.3 Å². The quantitative estimate of drug-likeness (QED) is 0.288. The molecule has 0 spiro atoms. The summed E-state index contributed by atoms with van der Waals surface area (Å²) < 4.78 is 21.4. The SMILES string of the molecule is COc1ccc(C(=O)Oc2ccc(/C=C3\SC(=Nc4ccccc4)NC3=O)cc2OC)cc1OC. The number of hydrogen-bond donors (Lipinski definition) is 1. The maximum absolute atomic E-state index is 12.7. The highest BCUT2D eigenvalue weighted by atomic mass is 32.2. The van der Waals surface area contributed by atoms with Gasteiger partial charge in [0.2, 0.25) is 0 Å². The Morgan fingerprint density at radius 3 is 2.26 bits per heavy atom. The van der Waals surface area contributed by atoms with Gasteiger partial charge in [-0.2, -0.15) is 0 Å². The van der Waals surface area contributed by atoms with Gasteiger partial charge in [-0.05, 0) is 65.9 Å². The summed E-state index contributed by atoms with van der Waals surface area (Å²) in [5.41, 5.74) is 1.74. The van der Waals surface area contributed by atoms with E-state index in [0.717, 1.165) is 5.69 Å². The highest BCUT2D eigenvalue weighted by Crippen LogP contribution is 2.33. The number of esters is 1. The molecule has 1 N–H and O–H groups in total. The first kappa shape index (κ1) is 23.9. The number of ether oxygens (including phenoxy) is 4. The third-order valence-electron chi connectivity index (χ3n) is 4.95. The van der Waals surface area contributed by atoms with Gasteiger partial charge in [-0.15, -0.1) is 0 Å². The van der Waals surface area contributed by atoms with Crippen molar-refractivity contribution in [3.8, 4) is 23.0 Å². The first-order valence-corrected chi connectivity index (χ1v) is 11.3. The Morgan fingerprint density at radius 1 is 0.857 bits per heavy atom. The van der Waals surface area contributed by atoms with E-state index in [4.69, 9.17) is 18.9 Å². The molecular weight excluding hydrogens is 468 g/mol. The van der Waals surface area contributed by atoms with Crippen LogP contribution in [0.2, 0.25) is 0 Å². The number of nitrogens with zero attached hydrogens (tertiary/aromatic N) is 1. The predicted octanol–water partition coefficient (Wildman–Crippen LogP) is 4.82. The topological polar surface area (TPSA) is 95.5 Å². The second kappa shape index (κ2) is 10.8. The summed E-state index contributed by atoms with van der Waals surface area (Å²) in [5, 5.41) is 3.26. The van der Waals surface area contributed by atoms with Crippen LogP contribution in [0.3, 0.4) is 0 Å². The van der Waals surface area contributed by atoms with Gasteiger partial charge >= 0.3 is 5.97 Å². The van der Waals surface area contributed by atoms with Crippen molar-refractivity contribution in [3.05, 3.63) is 82.8 Å². The standard InChI is InChI=1S/C26H22N2O6S/c1-31-19-12-10-17(15-22(19)33-3)25(30)34-20-11-9-16(13-21(20)32-2)14-23-24(29)28-26(35-23)27-18-7-5-4-6-8-18/h4-15H,1-3H3,(H,27,28,29)/b23-14-. The molecule has 1 aliphatic heterocycles. The minimum Gasteiger partial charge on any atom is -0.493 e. The minimum atomic E-state index is -0.581. The molecule has 0 atom stereocenters.